The average Bonchev–Trinajstić information content (AvgIpc) is 2.52. The van der Waals surface area contributed by atoms with Crippen molar-refractivity contribution in [3.05, 3.63) is 34.7 Å². The fourth-order valence-electron chi connectivity index (χ4n) is 2.41. The monoisotopic (exact) mass is 288 g/mol. The van der Waals surface area contributed by atoms with E-state index in [9.17, 15) is 4.79 Å². The van der Waals surface area contributed by atoms with Gasteiger partial charge in [-0.1, -0.05) is 10.9 Å². The van der Waals surface area contributed by atoms with Gasteiger partial charge in [0.1, 0.15) is 12.0 Å². The third-order valence-electron chi connectivity index (χ3n) is 3.67. The predicted molar refractivity (Wildman–Crippen MR) is 79.0 cm³/mol. The smallest absolute Gasteiger partial charge is 0.272 e. The first-order valence-electron chi connectivity index (χ1n) is 7.10. The number of nitrogens with zero attached hydrogens (tertiary/aromatic N) is 1. The molecular formula is C16H20N2O3+2. The highest BCUT2D eigenvalue weighted by atomic mass is 17.2. The summed E-state index contributed by atoms with van der Waals surface area (Å²) in [4.78, 5) is 24.9. The maximum absolute atomic E-state index is 10.2. The number of benzene rings is 1. The molecule has 0 bridgehead atoms. The topological polar surface area (TPSA) is 67.5 Å². The number of hydrogen-bond acceptors (Lipinski definition) is 3. The number of carbonyl (C=O) groups excluding carboxylic acids is 1. The minimum atomic E-state index is 0.0695. The van der Waals surface area contributed by atoms with Gasteiger partial charge in [0, 0.05) is 31.4 Å². The van der Waals surface area contributed by atoms with Crippen molar-refractivity contribution in [2.45, 2.75) is 44.2 Å². The maximum atomic E-state index is 10.2. The molecule has 5 heteroatoms. The number of hydrogen-bond donors (Lipinski definition) is 1. The van der Waals surface area contributed by atoms with Crippen molar-refractivity contribution < 1.29 is 20.3 Å². The lowest BCUT2D eigenvalue weighted by molar-refractivity contribution is -0.281. The van der Waals surface area contributed by atoms with Gasteiger partial charge in [-0.25, -0.2) is 4.79 Å². The molecule has 2 rings (SSSR count). The second-order valence-electron chi connectivity index (χ2n) is 5.23. The van der Waals surface area contributed by atoms with Crippen LogP contribution in [0.3, 0.4) is 0 Å². The Hall–Kier alpha value is -2.12. The van der Waals surface area contributed by atoms with Crippen LogP contribution in [0.1, 0.15) is 31.2 Å². The van der Waals surface area contributed by atoms with Gasteiger partial charge in [0.05, 0.1) is 0 Å². The lowest BCUT2D eigenvalue weighted by atomic mass is 9.94. The summed E-state index contributed by atoms with van der Waals surface area (Å²) in [6.07, 6.45) is 5.68. The van der Waals surface area contributed by atoms with Gasteiger partial charge in [-0.2, -0.15) is 4.89 Å². The Morgan fingerprint density at radius 2 is 2.14 bits per heavy atom. The van der Waals surface area contributed by atoms with Gasteiger partial charge in [-0.05, 0) is 24.5 Å². The zero-order valence-electron chi connectivity index (χ0n) is 12.0. The molecule has 0 amide bonds. The first-order chi connectivity index (χ1) is 10.2. The van der Waals surface area contributed by atoms with Crippen LogP contribution in [0.5, 0.6) is 5.75 Å². The summed E-state index contributed by atoms with van der Waals surface area (Å²) in [6.45, 7) is 5.30. The molecule has 1 aromatic rings. The van der Waals surface area contributed by atoms with Crippen LogP contribution in [0, 0.1) is 6.57 Å². The molecule has 3 N–H and O–H groups in total. The van der Waals surface area contributed by atoms with E-state index in [1.54, 1.807) is 12.0 Å². The molecule has 5 nitrogen and oxygen atoms in total. The standard InChI is InChI=1S/C16H19N2O3/c1-18-13-5-7-14(8-6-13)20-21-16-9-4-12(3-2-10-19)11-15(16)17/h1-2,4,9,11,13-14H,3,5-8,17H2/q+1/p+1. The Kier molecular flexibility index (Phi) is 5.53. The summed E-state index contributed by atoms with van der Waals surface area (Å²) in [5.74, 6) is 2.36. The Balaban J connectivity index is 1.86. The van der Waals surface area contributed by atoms with E-state index in [-0.39, 0.29) is 12.1 Å². The van der Waals surface area contributed by atoms with E-state index >= 15 is 0 Å². The van der Waals surface area contributed by atoms with Crippen LogP contribution in [0.25, 0.3) is 4.85 Å². The fourth-order valence-corrected chi connectivity index (χ4v) is 2.41. The molecule has 0 radical (unpaired) electrons. The van der Waals surface area contributed by atoms with Crippen molar-refractivity contribution in [2.24, 2.45) is 0 Å². The second-order valence-corrected chi connectivity index (χ2v) is 5.23. The summed E-state index contributed by atoms with van der Waals surface area (Å²) in [5.41, 5.74) is 5.65. The quantitative estimate of drug-likeness (QED) is 0.512. The van der Waals surface area contributed by atoms with E-state index in [0.717, 1.165) is 36.9 Å². The zero-order chi connectivity index (χ0) is 15.1. The molecule has 1 aliphatic carbocycles. The zero-order valence-corrected chi connectivity index (χ0v) is 12.0. The molecule has 1 aromatic carbocycles. The Morgan fingerprint density at radius 3 is 2.76 bits per heavy atom. The average molecular weight is 288 g/mol. The Labute approximate surface area is 124 Å². The van der Waals surface area contributed by atoms with Crippen LogP contribution in [-0.4, -0.2) is 18.1 Å². The van der Waals surface area contributed by atoms with Crippen LogP contribution in [-0.2, 0) is 16.1 Å². The van der Waals surface area contributed by atoms with Crippen molar-refractivity contribution in [2.75, 3.05) is 0 Å². The van der Waals surface area contributed by atoms with Crippen molar-refractivity contribution in [3.8, 4) is 12.3 Å². The first-order valence-corrected chi connectivity index (χ1v) is 7.10. The van der Waals surface area contributed by atoms with Crippen molar-refractivity contribution in [3.63, 3.8) is 0 Å². The molecule has 0 atom stereocenters. The van der Waals surface area contributed by atoms with Crippen LogP contribution in [0.15, 0.2) is 24.3 Å². The highest BCUT2D eigenvalue weighted by Gasteiger charge is 2.28. The Morgan fingerprint density at radius 1 is 1.38 bits per heavy atom. The van der Waals surface area contributed by atoms with Crippen LogP contribution >= 0.6 is 0 Å². The molecular weight excluding hydrogens is 268 g/mol. The molecule has 21 heavy (non-hydrogen) atoms. The van der Waals surface area contributed by atoms with Gasteiger partial charge >= 0.3 is 0 Å². The van der Waals surface area contributed by atoms with Gasteiger partial charge in [0.2, 0.25) is 5.75 Å². The molecule has 1 fully saturated rings. The van der Waals surface area contributed by atoms with Gasteiger partial charge in [0.25, 0.3) is 12.6 Å². The lowest BCUT2D eigenvalue weighted by Gasteiger charge is -2.20. The lowest BCUT2D eigenvalue weighted by Crippen LogP contribution is -2.41. The summed E-state index contributed by atoms with van der Waals surface area (Å²) < 4.78 is 0. The number of allylic oxidation sites excluding steroid dienone is 1. The van der Waals surface area contributed by atoms with Crippen molar-refractivity contribution in [1.29, 1.82) is 0 Å². The van der Waals surface area contributed by atoms with Gasteiger partial charge in [-0.3, -0.25) is 0 Å². The summed E-state index contributed by atoms with van der Waals surface area (Å²) >= 11 is 0. The molecule has 1 aliphatic rings. The summed E-state index contributed by atoms with van der Waals surface area (Å²) in [7, 11) is 0. The summed E-state index contributed by atoms with van der Waals surface area (Å²) in [5, 5.41) is 0. The summed E-state index contributed by atoms with van der Waals surface area (Å²) in [6, 6.07) is 5.80. The number of quaternary nitrogens is 1. The minimum Gasteiger partial charge on any atom is -0.331 e. The van der Waals surface area contributed by atoms with Gasteiger partial charge in [-0.15, -0.1) is 0 Å². The predicted octanol–water partition coefficient (Wildman–Crippen LogP) is 2.07. The SMILES string of the molecule is C#[N+]C1CCC(OOc2ccc(CC=C=O)cc2[NH3+])CC1. The number of rotatable bonds is 5. The van der Waals surface area contributed by atoms with Crippen LogP contribution in [0.2, 0.25) is 0 Å². The van der Waals surface area contributed by atoms with Gasteiger partial charge < -0.3 is 10.6 Å². The molecule has 0 heterocycles. The fraction of sp³-hybridized carbons (Fsp3) is 0.438. The molecule has 0 unspecified atom stereocenters. The van der Waals surface area contributed by atoms with E-state index in [1.807, 2.05) is 12.1 Å². The molecule has 0 aliphatic heterocycles. The highest BCUT2D eigenvalue weighted by Crippen LogP contribution is 2.26. The van der Waals surface area contributed by atoms with E-state index in [1.165, 1.54) is 6.08 Å². The normalized spacial score (nSPS) is 21.1. The third-order valence-corrected chi connectivity index (χ3v) is 3.67. The molecule has 110 valence electrons. The third kappa shape index (κ3) is 4.44. The molecule has 0 saturated heterocycles. The van der Waals surface area contributed by atoms with E-state index in [4.69, 9.17) is 16.3 Å². The largest absolute Gasteiger partial charge is 0.331 e. The van der Waals surface area contributed by atoms with Gasteiger partial charge in [0.15, 0.2) is 5.69 Å². The van der Waals surface area contributed by atoms with E-state index in [2.05, 4.69) is 10.6 Å². The van der Waals surface area contributed by atoms with Crippen LogP contribution < -0.4 is 10.6 Å². The minimum absolute atomic E-state index is 0.0695. The highest BCUT2D eigenvalue weighted by molar-refractivity contribution is 5.50. The second kappa shape index (κ2) is 7.61. The Bertz CT molecular complexity index is 565. The van der Waals surface area contributed by atoms with Crippen LogP contribution in [0.4, 0.5) is 5.69 Å². The molecule has 0 aromatic heterocycles. The van der Waals surface area contributed by atoms with E-state index < -0.39 is 0 Å². The molecule has 0 spiro atoms. The van der Waals surface area contributed by atoms with E-state index in [0.29, 0.717) is 12.2 Å². The van der Waals surface area contributed by atoms with Crippen molar-refractivity contribution in [1.82, 2.24) is 0 Å². The van der Waals surface area contributed by atoms with Crippen molar-refractivity contribution >= 4 is 11.6 Å². The maximum Gasteiger partial charge on any atom is 0.272 e. The first kappa shape index (κ1) is 15.3. The molecule has 1 saturated carbocycles.